The molecule has 1 aromatic carbocycles. The van der Waals surface area contributed by atoms with Crippen LogP contribution in [0.5, 0.6) is 5.75 Å². The minimum absolute atomic E-state index is 0.0538. The number of anilines is 1. The van der Waals surface area contributed by atoms with Gasteiger partial charge < -0.3 is 14.8 Å². The van der Waals surface area contributed by atoms with E-state index in [1.807, 2.05) is 31.2 Å². The highest BCUT2D eigenvalue weighted by atomic mass is 16.5. The van der Waals surface area contributed by atoms with E-state index in [0.29, 0.717) is 25.0 Å². The van der Waals surface area contributed by atoms with Crippen molar-refractivity contribution in [2.75, 3.05) is 18.5 Å². The summed E-state index contributed by atoms with van der Waals surface area (Å²) in [5.74, 6) is 1.60. The van der Waals surface area contributed by atoms with Gasteiger partial charge in [-0.25, -0.2) is 0 Å². The lowest BCUT2D eigenvalue weighted by Gasteiger charge is -2.38. The van der Waals surface area contributed by atoms with Crippen molar-refractivity contribution in [1.29, 1.82) is 0 Å². The van der Waals surface area contributed by atoms with Crippen LogP contribution in [-0.4, -0.2) is 29.7 Å². The summed E-state index contributed by atoms with van der Waals surface area (Å²) in [6.45, 7) is 9.53. The number of amides is 1. The van der Waals surface area contributed by atoms with E-state index in [2.05, 4.69) is 31.1 Å². The van der Waals surface area contributed by atoms with Gasteiger partial charge in [-0.2, -0.15) is 0 Å². The van der Waals surface area contributed by atoms with E-state index in [-0.39, 0.29) is 5.91 Å². The average Bonchev–Trinajstić information content (AvgIpc) is 2.67. The number of nitrogens with one attached hydrogen (secondary N) is 1. The summed E-state index contributed by atoms with van der Waals surface area (Å²) in [6.07, 6.45) is 5.44. The molecule has 1 heterocycles. The van der Waals surface area contributed by atoms with E-state index in [1.54, 1.807) is 6.20 Å². The number of nitrogens with zero attached hydrogens (tertiary/aromatic N) is 1. The second kappa shape index (κ2) is 8.91. The van der Waals surface area contributed by atoms with E-state index in [9.17, 15) is 4.79 Å². The monoisotopic (exact) mass is 384 g/mol. The third-order valence-electron chi connectivity index (χ3n) is 5.34. The third kappa shape index (κ3) is 4.46. The number of pyridine rings is 1. The molecule has 0 bridgehead atoms. The molecule has 0 saturated heterocycles. The predicted molar refractivity (Wildman–Crippen MR) is 113 cm³/mol. The Morgan fingerprint density at radius 1 is 1.36 bits per heavy atom. The number of carbonyl (C=O) groups is 1. The number of ether oxygens (including phenoxy) is 2. The van der Waals surface area contributed by atoms with Crippen LogP contribution < -0.4 is 10.1 Å². The van der Waals surface area contributed by atoms with Gasteiger partial charge in [0, 0.05) is 18.2 Å². The Kier molecular flexibility index (Phi) is 6.55. The first-order chi connectivity index (χ1) is 13.4. The topological polar surface area (TPSA) is 60.5 Å². The van der Waals surface area contributed by atoms with Crippen LogP contribution in [0.15, 0.2) is 30.5 Å². The molecular weight excluding hydrogens is 352 g/mol. The zero-order chi connectivity index (χ0) is 20.1. The molecule has 2 aromatic rings. The quantitative estimate of drug-likeness (QED) is 0.713. The van der Waals surface area contributed by atoms with Crippen molar-refractivity contribution in [3.05, 3.63) is 30.5 Å². The summed E-state index contributed by atoms with van der Waals surface area (Å²) in [5, 5.41) is 4.02. The number of aromatic nitrogens is 1. The maximum absolute atomic E-state index is 13.3. The second-order valence-corrected chi connectivity index (χ2v) is 8.30. The van der Waals surface area contributed by atoms with Crippen molar-refractivity contribution in [3.63, 3.8) is 0 Å². The van der Waals surface area contributed by atoms with Gasteiger partial charge in [-0.05, 0) is 62.3 Å². The standard InChI is InChI=1S/C23H32N2O3/c1-5-28-23(12-6-8-17(4)14-23)22(26)25-19-10-11-20(27-15-16(2)3)21-18(19)9-7-13-24-21/h7,9-11,13,16-17H,5-6,8,12,14-15H2,1-4H3,(H,25,26)/t17-,23+/m1/s1. The molecule has 152 valence electrons. The zero-order valence-electron chi connectivity index (χ0n) is 17.5. The van der Waals surface area contributed by atoms with Gasteiger partial charge in [0.2, 0.25) is 0 Å². The number of hydrogen-bond donors (Lipinski definition) is 1. The fraction of sp³-hybridized carbons (Fsp3) is 0.565. The summed E-state index contributed by atoms with van der Waals surface area (Å²) in [5.41, 5.74) is 0.777. The van der Waals surface area contributed by atoms with Crippen molar-refractivity contribution in [1.82, 2.24) is 4.98 Å². The number of fused-ring (bicyclic) bond motifs is 1. The van der Waals surface area contributed by atoms with E-state index < -0.39 is 5.60 Å². The molecular formula is C23H32N2O3. The minimum Gasteiger partial charge on any atom is -0.491 e. The SMILES string of the molecule is CCO[C@@]1(C(=O)Nc2ccc(OCC(C)C)c3ncccc23)CCC[C@@H](C)C1. The molecule has 0 spiro atoms. The highest BCUT2D eigenvalue weighted by molar-refractivity contribution is 6.05. The molecule has 0 radical (unpaired) electrons. The van der Waals surface area contributed by atoms with E-state index in [0.717, 1.165) is 48.0 Å². The van der Waals surface area contributed by atoms with Crippen LogP contribution >= 0.6 is 0 Å². The van der Waals surface area contributed by atoms with Gasteiger partial charge in [-0.15, -0.1) is 0 Å². The lowest BCUT2D eigenvalue weighted by molar-refractivity contribution is -0.147. The van der Waals surface area contributed by atoms with Crippen molar-refractivity contribution in [3.8, 4) is 5.75 Å². The molecule has 1 fully saturated rings. The lowest BCUT2D eigenvalue weighted by Crippen LogP contribution is -2.48. The normalized spacial score (nSPS) is 22.4. The van der Waals surface area contributed by atoms with Gasteiger partial charge in [0.05, 0.1) is 12.3 Å². The Morgan fingerprint density at radius 2 is 2.18 bits per heavy atom. The lowest BCUT2D eigenvalue weighted by atomic mass is 9.78. The van der Waals surface area contributed by atoms with Crippen molar-refractivity contribution in [2.24, 2.45) is 11.8 Å². The minimum atomic E-state index is -0.742. The molecule has 0 aliphatic heterocycles. The molecule has 2 atom stereocenters. The highest BCUT2D eigenvalue weighted by Gasteiger charge is 2.42. The van der Waals surface area contributed by atoms with E-state index >= 15 is 0 Å². The summed E-state index contributed by atoms with van der Waals surface area (Å²) in [7, 11) is 0. The van der Waals surface area contributed by atoms with Gasteiger partial charge in [-0.1, -0.05) is 27.2 Å². The second-order valence-electron chi connectivity index (χ2n) is 8.30. The van der Waals surface area contributed by atoms with Crippen LogP contribution in [0.1, 0.15) is 53.4 Å². The first kappa shape index (κ1) is 20.6. The maximum atomic E-state index is 13.3. The van der Waals surface area contributed by atoms with Crippen molar-refractivity contribution >= 4 is 22.5 Å². The Morgan fingerprint density at radius 3 is 2.89 bits per heavy atom. The van der Waals surface area contributed by atoms with E-state index in [1.165, 1.54) is 0 Å². The summed E-state index contributed by atoms with van der Waals surface area (Å²) < 4.78 is 12.0. The van der Waals surface area contributed by atoms with Gasteiger partial charge >= 0.3 is 0 Å². The molecule has 1 amide bonds. The van der Waals surface area contributed by atoms with Crippen LogP contribution in [0, 0.1) is 11.8 Å². The van der Waals surface area contributed by atoms with Crippen LogP contribution in [0.3, 0.4) is 0 Å². The molecule has 0 unspecified atom stereocenters. The Labute approximate surface area is 167 Å². The van der Waals surface area contributed by atoms with Gasteiger partial charge in [0.25, 0.3) is 5.91 Å². The number of benzene rings is 1. The first-order valence-electron chi connectivity index (χ1n) is 10.4. The molecule has 5 nitrogen and oxygen atoms in total. The van der Waals surface area contributed by atoms with Crippen molar-refractivity contribution in [2.45, 2.75) is 59.0 Å². The smallest absolute Gasteiger partial charge is 0.256 e. The molecule has 1 aliphatic carbocycles. The van der Waals surface area contributed by atoms with Crippen LogP contribution in [0.2, 0.25) is 0 Å². The summed E-state index contributed by atoms with van der Waals surface area (Å²) in [6, 6.07) is 7.65. The van der Waals surface area contributed by atoms with Crippen LogP contribution in [-0.2, 0) is 9.53 Å². The number of rotatable bonds is 7. The van der Waals surface area contributed by atoms with Crippen LogP contribution in [0.4, 0.5) is 5.69 Å². The van der Waals surface area contributed by atoms with Gasteiger partial charge in [-0.3, -0.25) is 9.78 Å². The fourth-order valence-electron chi connectivity index (χ4n) is 4.05. The van der Waals surface area contributed by atoms with Gasteiger partial charge in [0.1, 0.15) is 16.9 Å². The Balaban J connectivity index is 1.89. The highest BCUT2D eigenvalue weighted by Crippen LogP contribution is 2.37. The predicted octanol–water partition coefficient (Wildman–Crippen LogP) is 5.19. The Hall–Kier alpha value is -2.14. The molecule has 1 aromatic heterocycles. The largest absolute Gasteiger partial charge is 0.491 e. The fourth-order valence-corrected chi connectivity index (χ4v) is 4.05. The summed E-state index contributed by atoms with van der Waals surface area (Å²) >= 11 is 0. The zero-order valence-corrected chi connectivity index (χ0v) is 17.5. The van der Waals surface area contributed by atoms with Crippen LogP contribution in [0.25, 0.3) is 10.9 Å². The maximum Gasteiger partial charge on any atom is 0.256 e. The average molecular weight is 385 g/mol. The van der Waals surface area contributed by atoms with Gasteiger partial charge in [0.15, 0.2) is 0 Å². The molecule has 1 aliphatic rings. The molecule has 5 heteroatoms. The summed E-state index contributed by atoms with van der Waals surface area (Å²) in [4.78, 5) is 17.8. The van der Waals surface area contributed by atoms with E-state index in [4.69, 9.17) is 9.47 Å². The number of carbonyl (C=O) groups excluding carboxylic acids is 1. The van der Waals surface area contributed by atoms with Crippen molar-refractivity contribution < 1.29 is 14.3 Å². The first-order valence-corrected chi connectivity index (χ1v) is 10.4. The Bertz CT molecular complexity index is 817. The molecule has 3 rings (SSSR count). The molecule has 1 N–H and O–H groups in total. The molecule has 28 heavy (non-hydrogen) atoms. The number of hydrogen-bond acceptors (Lipinski definition) is 4. The molecule has 1 saturated carbocycles. The third-order valence-corrected chi connectivity index (χ3v) is 5.34.